The van der Waals surface area contributed by atoms with E-state index in [-0.39, 0.29) is 0 Å². The average Bonchev–Trinajstić information content (AvgIpc) is 2.46. The molecule has 16 heavy (non-hydrogen) atoms. The molecule has 2 fully saturated rings. The van der Waals surface area contributed by atoms with Crippen molar-refractivity contribution in [3.8, 4) is 0 Å². The zero-order valence-electron chi connectivity index (χ0n) is 7.66. The lowest BCUT2D eigenvalue weighted by Crippen LogP contribution is -2.58. The van der Waals surface area contributed by atoms with Gasteiger partial charge in [-0.3, -0.25) is 9.05 Å². The summed E-state index contributed by atoms with van der Waals surface area (Å²) in [6, 6.07) is 0. The van der Waals surface area contributed by atoms with Crippen molar-refractivity contribution in [1.82, 2.24) is 0 Å². The third kappa shape index (κ3) is 1.87. The highest BCUT2D eigenvalue weighted by atomic mass is 31.2. The van der Waals surface area contributed by atoms with Gasteiger partial charge in [-0.25, -0.2) is 9.36 Å². The highest BCUT2D eigenvalue weighted by Crippen LogP contribution is 2.55. The van der Waals surface area contributed by atoms with Crippen molar-refractivity contribution in [3.63, 3.8) is 0 Å². The fourth-order valence-electron chi connectivity index (χ4n) is 1.55. The summed E-state index contributed by atoms with van der Waals surface area (Å²) in [4.78, 5) is 19.6. The molecule has 0 spiro atoms. The highest BCUT2D eigenvalue weighted by molar-refractivity contribution is 7.47. The zero-order chi connectivity index (χ0) is 12.1. The number of hydrogen-bond donors (Lipinski definition) is 4. The average molecular weight is 256 g/mol. The van der Waals surface area contributed by atoms with Crippen LogP contribution in [0.3, 0.4) is 0 Å². The molecular formula is C6H9O9P. The van der Waals surface area contributed by atoms with Gasteiger partial charge in [0.25, 0.3) is 0 Å². The van der Waals surface area contributed by atoms with Crippen LogP contribution in [0, 0.1) is 0 Å². The molecule has 6 atom stereocenters. The first-order valence-corrected chi connectivity index (χ1v) is 5.75. The van der Waals surface area contributed by atoms with Crippen molar-refractivity contribution < 1.29 is 43.4 Å². The summed E-state index contributed by atoms with van der Waals surface area (Å²) >= 11 is 0. The summed E-state index contributed by atoms with van der Waals surface area (Å²) in [5, 5.41) is 27.5. The number of aliphatic hydroxyl groups excluding tert-OH is 2. The number of rotatable bonds is 1. The number of ether oxygens (including phenoxy) is 1. The van der Waals surface area contributed by atoms with Crippen LogP contribution in [0.2, 0.25) is 0 Å². The Bertz CT molecular complexity index is 356. The van der Waals surface area contributed by atoms with Crippen LogP contribution in [0.5, 0.6) is 0 Å². The molecule has 9 nitrogen and oxygen atoms in total. The Labute approximate surface area is 88.8 Å². The number of phosphoric acid groups is 1. The lowest BCUT2D eigenvalue weighted by molar-refractivity contribution is -0.245. The van der Waals surface area contributed by atoms with Gasteiger partial charge < -0.3 is 24.9 Å². The van der Waals surface area contributed by atoms with Crippen molar-refractivity contribution in [3.05, 3.63) is 0 Å². The van der Waals surface area contributed by atoms with Crippen LogP contribution >= 0.6 is 7.82 Å². The molecule has 0 aromatic heterocycles. The Morgan fingerprint density at radius 3 is 2.38 bits per heavy atom. The van der Waals surface area contributed by atoms with E-state index < -0.39 is 44.5 Å². The van der Waals surface area contributed by atoms with E-state index in [1.165, 1.54) is 0 Å². The van der Waals surface area contributed by atoms with Gasteiger partial charge in [-0.15, -0.1) is 0 Å². The monoisotopic (exact) mass is 256 g/mol. The number of fused-ring (bicyclic) bond motifs is 1. The van der Waals surface area contributed by atoms with Crippen molar-refractivity contribution >= 4 is 13.8 Å². The van der Waals surface area contributed by atoms with E-state index in [2.05, 4.69) is 9.05 Å². The molecule has 4 N–H and O–H groups in total. The molecule has 0 aliphatic carbocycles. The molecule has 2 aliphatic heterocycles. The summed E-state index contributed by atoms with van der Waals surface area (Å²) in [5.74, 6) is -1.52. The molecule has 10 heteroatoms. The number of carbonyl (C=O) groups is 1. The van der Waals surface area contributed by atoms with E-state index in [9.17, 15) is 19.6 Å². The minimum Gasteiger partial charge on any atom is -0.479 e. The molecule has 0 amide bonds. The Morgan fingerprint density at radius 1 is 1.19 bits per heavy atom. The van der Waals surface area contributed by atoms with Crippen molar-refractivity contribution in [2.24, 2.45) is 0 Å². The van der Waals surface area contributed by atoms with Crippen LogP contribution in [0.15, 0.2) is 0 Å². The maximum absolute atomic E-state index is 11.0. The Morgan fingerprint density at radius 2 is 1.81 bits per heavy atom. The second-order valence-corrected chi connectivity index (χ2v) is 4.75. The Hall–Kier alpha value is -0.540. The maximum Gasteiger partial charge on any atom is 0.475 e. The second kappa shape index (κ2) is 3.74. The minimum atomic E-state index is -4.36. The number of carboxylic acids is 1. The molecule has 0 saturated carbocycles. The van der Waals surface area contributed by atoms with Gasteiger partial charge in [0, 0.05) is 0 Å². The predicted molar refractivity (Wildman–Crippen MR) is 44.1 cm³/mol. The van der Waals surface area contributed by atoms with Crippen LogP contribution in [0.1, 0.15) is 0 Å². The van der Waals surface area contributed by atoms with Crippen molar-refractivity contribution in [2.75, 3.05) is 0 Å². The number of carboxylic acid groups (broad SMARTS) is 1. The van der Waals surface area contributed by atoms with Crippen LogP contribution in [-0.4, -0.2) is 56.9 Å². The zero-order valence-corrected chi connectivity index (χ0v) is 8.56. The third-order valence-corrected chi connectivity index (χ3v) is 3.27. The van der Waals surface area contributed by atoms with E-state index in [1.54, 1.807) is 0 Å². The lowest BCUT2D eigenvalue weighted by Gasteiger charge is -2.34. The first-order chi connectivity index (χ1) is 7.32. The number of phosphoric ester groups is 1. The van der Waals surface area contributed by atoms with Gasteiger partial charge in [0.05, 0.1) is 0 Å². The number of aliphatic carboxylic acids is 1. The molecule has 0 aromatic carbocycles. The number of hydrogen-bond acceptors (Lipinski definition) is 7. The molecule has 0 aromatic rings. The number of aliphatic hydroxyl groups is 2. The fourth-order valence-corrected chi connectivity index (χ4v) is 2.56. The molecule has 0 radical (unpaired) electrons. The molecule has 2 heterocycles. The van der Waals surface area contributed by atoms with E-state index in [1.807, 2.05) is 0 Å². The highest BCUT2D eigenvalue weighted by Gasteiger charge is 2.57. The smallest absolute Gasteiger partial charge is 0.475 e. The van der Waals surface area contributed by atoms with Crippen molar-refractivity contribution in [1.29, 1.82) is 0 Å². The third-order valence-electron chi connectivity index (χ3n) is 2.28. The maximum atomic E-state index is 11.0. The quantitative estimate of drug-likeness (QED) is 0.393. The molecule has 2 unspecified atom stereocenters. The summed E-state index contributed by atoms with van der Waals surface area (Å²) in [5.41, 5.74) is 0. The van der Waals surface area contributed by atoms with E-state index >= 15 is 0 Å². The van der Waals surface area contributed by atoms with Crippen LogP contribution in [0.25, 0.3) is 0 Å². The Kier molecular flexibility index (Phi) is 2.79. The van der Waals surface area contributed by atoms with Gasteiger partial charge in [-0.05, 0) is 0 Å². The predicted octanol–water partition coefficient (Wildman–Crippen LogP) is -1.97. The molecule has 2 saturated heterocycles. The van der Waals surface area contributed by atoms with E-state index in [4.69, 9.17) is 14.7 Å². The van der Waals surface area contributed by atoms with Crippen molar-refractivity contribution in [2.45, 2.75) is 30.7 Å². The van der Waals surface area contributed by atoms with Gasteiger partial charge >= 0.3 is 13.8 Å². The summed E-state index contributed by atoms with van der Waals surface area (Å²) in [7, 11) is -4.36. The lowest BCUT2D eigenvalue weighted by atomic mass is 9.99. The van der Waals surface area contributed by atoms with Gasteiger partial charge in [-0.1, -0.05) is 0 Å². The van der Waals surface area contributed by atoms with Gasteiger partial charge in [0.15, 0.2) is 12.4 Å². The van der Waals surface area contributed by atoms with Crippen LogP contribution < -0.4 is 0 Å². The Balaban J connectivity index is 2.22. The van der Waals surface area contributed by atoms with Crippen LogP contribution in [0.4, 0.5) is 0 Å². The molecular weight excluding hydrogens is 247 g/mol. The standard InChI is InChI=1S/C6H9O9P/c7-1-2(8)4-6(13-3(1)5(9)10)15-16(11,12)14-4/h1-4,6-8H,(H,9,10)(H,11,12)/t1-,2+,3+,4-,6?/m1/s1. The first kappa shape index (κ1) is 11.9. The molecule has 2 aliphatic rings. The normalized spacial score (nSPS) is 52.3. The fraction of sp³-hybridized carbons (Fsp3) is 0.833. The second-order valence-electron chi connectivity index (χ2n) is 3.39. The van der Waals surface area contributed by atoms with Gasteiger partial charge in [0.1, 0.15) is 18.3 Å². The summed E-state index contributed by atoms with van der Waals surface area (Å²) < 4.78 is 24.5. The molecule has 0 bridgehead atoms. The van der Waals surface area contributed by atoms with Gasteiger partial charge in [-0.2, -0.15) is 0 Å². The first-order valence-electron chi connectivity index (χ1n) is 4.26. The SMILES string of the molecule is O=C(O)[C@H]1OC2OP(=O)(O)O[C@@H]2[C@@H](O)[C@H]1O. The van der Waals surface area contributed by atoms with Gasteiger partial charge in [0.2, 0.25) is 0 Å². The molecule has 92 valence electrons. The topological polar surface area (TPSA) is 143 Å². The van der Waals surface area contributed by atoms with E-state index in [0.717, 1.165) is 0 Å². The summed E-state index contributed by atoms with van der Waals surface area (Å²) in [6.07, 6.45) is -8.06. The molecule has 2 rings (SSSR count). The van der Waals surface area contributed by atoms with Crippen LogP contribution in [-0.2, 0) is 23.1 Å². The summed E-state index contributed by atoms with van der Waals surface area (Å²) in [6.45, 7) is 0. The van der Waals surface area contributed by atoms with E-state index in [0.29, 0.717) is 0 Å². The largest absolute Gasteiger partial charge is 0.479 e. The minimum absolute atomic E-state index is 1.39.